The summed E-state index contributed by atoms with van der Waals surface area (Å²) in [4.78, 5) is 28.5. The molecule has 1 aromatic heterocycles. The van der Waals surface area contributed by atoms with Gasteiger partial charge in [0, 0.05) is 24.7 Å². The van der Waals surface area contributed by atoms with Crippen molar-refractivity contribution in [1.82, 2.24) is 4.90 Å². The van der Waals surface area contributed by atoms with E-state index in [1.54, 1.807) is 30.2 Å². The summed E-state index contributed by atoms with van der Waals surface area (Å²) in [6, 6.07) is 12.3. The smallest absolute Gasteiger partial charge is 0.290 e. The van der Waals surface area contributed by atoms with Gasteiger partial charge in [-0.25, -0.2) is 0 Å². The average molecular weight is 486 g/mol. The number of nitrogens with zero attached hydrogens (tertiary/aromatic N) is 1. The van der Waals surface area contributed by atoms with Crippen molar-refractivity contribution in [3.8, 4) is 5.75 Å². The van der Waals surface area contributed by atoms with Crippen molar-refractivity contribution >= 4 is 32.8 Å². The Balaban J connectivity index is 1.87. The third-order valence-corrected chi connectivity index (χ3v) is 5.82. The molecular weight excluding hydrogens is 462 g/mol. The summed E-state index contributed by atoms with van der Waals surface area (Å²) in [5.41, 5.74) is 1.41. The van der Waals surface area contributed by atoms with Gasteiger partial charge < -0.3 is 18.8 Å². The van der Waals surface area contributed by atoms with Crippen LogP contribution >= 0.6 is 15.9 Å². The highest BCUT2D eigenvalue weighted by molar-refractivity contribution is 9.10. The van der Waals surface area contributed by atoms with Crippen LogP contribution in [0, 0.1) is 0 Å². The van der Waals surface area contributed by atoms with Gasteiger partial charge in [0.15, 0.2) is 5.43 Å². The van der Waals surface area contributed by atoms with E-state index in [1.165, 1.54) is 0 Å². The second-order valence-corrected chi connectivity index (χ2v) is 8.40. The van der Waals surface area contributed by atoms with Gasteiger partial charge in [0.1, 0.15) is 11.3 Å². The number of benzene rings is 2. The molecule has 1 aliphatic heterocycles. The maximum atomic E-state index is 13.5. The van der Waals surface area contributed by atoms with E-state index in [0.717, 1.165) is 16.5 Å². The van der Waals surface area contributed by atoms with Crippen molar-refractivity contribution in [2.75, 3.05) is 26.9 Å². The van der Waals surface area contributed by atoms with E-state index in [4.69, 9.17) is 13.9 Å². The highest BCUT2D eigenvalue weighted by Gasteiger charge is 2.42. The van der Waals surface area contributed by atoms with Gasteiger partial charge in [-0.05, 0) is 48.7 Å². The number of methoxy groups -OCH3 is 1. The molecule has 0 saturated carbocycles. The van der Waals surface area contributed by atoms with Crippen molar-refractivity contribution in [2.24, 2.45) is 0 Å². The van der Waals surface area contributed by atoms with Crippen molar-refractivity contribution in [2.45, 2.75) is 25.8 Å². The van der Waals surface area contributed by atoms with Crippen molar-refractivity contribution in [1.29, 1.82) is 0 Å². The lowest BCUT2D eigenvalue weighted by atomic mass is 9.98. The van der Waals surface area contributed by atoms with E-state index in [2.05, 4.69) is 15.9 Å². The first kappa shape index (κ1) is 21.6. The molecule has 4 rings (SSSR count). The van der Waals surface area contributed by atoms with Gasteiger partial charge in [0.05, 0.1) is 23.6 Å². The van der Waals surface area contributed by atoms with Gasteiger partial charge in [0.25, 0.3) is 5.91 Å². The first-order valence-electron chi connectivity index (χ1n) is 10.3. The van der Waals surface area contributed by atoms with E-state index >= 15 is 0 Å². The predicted octanol–water partition coefficient (Wildman–Crippen LogP) is 4.93. The van der Waals surface area contributed by atoms with E-state index in [0.29, 0.717) is 48.5 Å². The second kappa shape index (κ2) is 9.24. The normalized spacial score (nSPS) is 15.5. The maximum absolute atomic E-state index is 13.5. The van der Waals surface area contributed by atoms with E-state index in [-0.39, 0.29) is 17.1 Å². The molecule has 0 spiro atoms. The number of rotatable bonds is 8. The molecule has 0 radical (unpaired) electrons. The molecule has 7 heteroatoms. The molecule has 2 aromatic carbocycles. The van der Waals surface area contributed by atoms with Crippen LogP contribution in [0.5, 0.6) is 5.75 Å². The number of carbonyl (C=O) groups excluding carboxylic acids is 1. The zero-order valence-corrected chi connectivity index (χ0v) is 19.1. The molecule has 1 amide bonds. The summed E-state index contributed by atoms with van der Waals surface area (Å²) in [5.74, 6) is 0.546. The number of halogens is 1. The molecule has 0 bridgehead atoms. The molecule has 3 aromatic rings. The Hall–Kier alpha value is -2.64. The largest absolute Gasteiger partial charge is 0.494 e. The van der Waals surface area contributed by atoms with Gasteiger partial charge in [0.2, 0.25) is 5.76 Å². The summed E-state index contributed by atoms with van der Waals surface area (Å²) < 4.78 is 17.7. The van der Waals surface area contributed by atoms with Gasteiger partial charge in [-0.1, -0.05) is 35.0 Å². The number of hydrogen-bond acceptors (Lipinski definition) is 5. The Morgan fingerprint density at radius 2 is 1.97 bits per heavy atom. The third kappa shape index (κ3) is 4.12. The molecule has 0 N–H and O–H groups in total. The first-order valence-corrected chi connectivity index (χ1v) is 11.1. The number of hydrogen-bond donors (Lipinski definition) is 0. The van der Waals surface area contributed by atoms with Crippen LogP contribution in [-0.4, -0.2) is 37.7 Å². The molecule has 1 atom stereocenters. The van der Waals surface area contributed by atoms with Crippen LogP contribution in [0.3, 0.4) is 0 Å². The minimum absolute atomic E-state index is 0.113. The topological polar surface area (TPSA) is 69.0 Å². The highest BCUT2D eigenvalue weighted by atomic mass is 79.9. The summed E-state index contributed by atoms with van der Waals surface area (Å²) in [6.07, 6.45) is 1.54. The SMILES string of the molecule is CCCOc1cccc(C2c3c(oc4ccc(Br)cc4c3=O)C(=O)N2CCCOC)c1. The summed E-state index contributed by atoms with van der Waals surface area (Å²) >= 11 is 3.42. The van der Waals surface area contributed by atoms with Crippen LogP contribution in [0.2, 0.25) is 0 Å². The second-order valence-electron chi connectivity index (χ2n) is 7.48. The minimum atomic E-state index is -0.538. The van der Waals surface area contributed by atoms with Crippen molar-refractivity contribution in [3.63, 3.8) is 0 Å². The molecule has 0 fully saturated rings. The monoisotopic (exact) mass is 485 g/mol. The molecule has 6 nitrogen and oxygen atoms in total. The van der Waals surface area contributed by atoms with Gasteiger partial charge in [-0.15, -0.1) is 0 Å². The molecule has 162 valence electrons. The highest BCUT2D eigenvalue weighted by Crippen LogP contribution is 2.39. The van der Waals surface area contributed by atoms with Crippen molar-refractivity contribution < 1.29 is 18.7 Å². The fraction of sp³-hybridized carbons (Fsp3) is 0.333. The van der Waals surface area contributed by atoms with Crippen LogP contribution < -0.4 is 10.2 Å². The van der Waals surface area contributed by atoms with Gasteiger partial charge in [-0.2, -0.15) is 0 Å². The Kier molecular flexibility index (Phi) is 6.43. The zero-order valence-electron chi connectivity index (χ0n) is 17.5. The summed E-state index contributed by atoms with van der Waals surface area (Å²) in [5, 5.41) is 0.447. The molecule has 1 aliphatic rings. The molecule has 0 saturated heterocycles. The van der Waals surface area contributed by atoms with Gasteiger partial charge >= 0.3 is 0 Å². The van der Waals surface area contributed by atoms with E-state index in [1.807, 2.05) is 31.2 Å². The molecule has 2 heterocycles. The van der Waals surface area contributed by atoms with Crippen LogP contribution in [0.4, 0.5) is 0 Å². The molecular formula is C24H24BrNO5. The fourth-order valence-electron chi connectivity index (χ4n) is 3.94. The summed E-state index contributed by atoms with van der Waals surface area (Å²) in [7, 11) is 1.63. The third-order valence-electron chi connectivity index (χ3n) is 5.32. The quantitative estimate of drug-likeness (QED) is 0.423. The summed E-state index contributed by atoms with van der Waals surface area (Å²) in [6.45, 7) is 3.60. The van der Waals surface area contributed by atoms with Crippen LogP contribution in [-0.2, 0) is 4.74 Å². The Labute approximate surface area is 188 Å². The average Bonchev–Trinajstić information content (AvgIpc) is 3.05. The molecule has 31 heavy (non-hydrogen) atoms. The van der Waals surface area contributed by atoms with Crippen LogP contribution in [0.15, 0.2) is 56.1 Å². The lowest BCUT2D eigenvalue weighted by Gasteiger charge is -2.25. The van der Waals surface area contributed by atoms with E-state index < -0.39 is 6.04 Å². The Morgan fingerprint density at radius 1 is 1.13 bits per heavy atom. The minimum Gasteiger partial charge on any atom is -0.494 e. The van der Waals surface area contributed by atoms with Gasteiger partial charge in [-0.3, -0.25) is 9.59 Å². The lowest BCUT2D eigenvalue weighted by Crippen LogP contribution is -2.31. The van der Waals surface area contributed by atoms with Crippen molar-refractivity contribution in [3.05, 3.63) is 74.0 Å². The number of fused-ring (bicyclic) bond motifs is 2. The van der Waals surface area contributed by atoms with E-state index in [9.17, 15) is 9.59 Å². The number of ether oxygens (including phenoxy) is 2. The van der Waals surface area contributed by atoms with Crippen LogP contribution in [0.1, 0.15) is 47.5 Å². The maximum Gasteiger partial charge on any atom is 0.290 e. The lowest BCUT2D eigenvalue weighted by molar-refractivity contribution is 0.0707. The Morgan fingerprint density at radius 3 is 2.74 bits per heavy atom. The molecule has 0 aliphatic carbocycles. The molecule has 1 unspecified atom stereocenters. The zero-order chi connectivity index (χ0) is 22.0. The van der Waals surface area contributed by atoms with Crippen LogP contribution in [0.25, 0.3) is 11.0 Å². The number of amides is 1. The predicted molar refractivity (Wildman–Crippen MR) is 122 cm³/mol. The Bertz CT molecular complexity index is 1170. The first-order chi connectivity index (χ1) is 15.0. The standard InChI is InChI=1S/C24H24BrNO5/c1-3-11-30-17-7-4-6-15(13-17)21-20-22(27)18-14-16(25)8-9-19(18)31-23(20)24(28)26(21)10-5-12-29-2/h4,6-9,13-14,21H,3,5,10-12H2,1-2H3. The number of carbonyl (C=O) groups is 1. The fourth-order valence-corrected chi connectivity index (χ4v) is 4.30.